The molecule has 0 aliphatic heterocycles. The third-order valence-corrected chi connectivity index (χ3v) is 5.06. The fraction of sp³-hybridized carbons (Fsp3) is 0.240. The first-order chi connectivity index (χ1) is 13.6. The molecule has 1 aromatic heterocycles. The Morgan fingerprint density at radius 1 is 0.857 bits per heavy atom. The number of para-hydroxylation sites is 2. The van der Waals surface area contributed by atoms with E-state index in [1.165, 1.54) is 27.8 Å². The Labute approximate surface area is 166 Å². The Morgan fingerprint density at radius 3 is 2.50 bits per heavy atom. The van der Waals surface area contributed by atoms with Crippen LogP contribution >= 0.6 is 0 Å². The molecule has 3 aromatic carbocycles. The Morgan fingerprint density at radius 2 is 1.68 bits per heavy atom. The lowest BCUT2D eigenvalue weighted by molar-refractivity contribution is 0.302. The van der Waals surface area contributed by atoms with E-state index in [1.807, 2.05) is 18.2 Å². The lowest BCUT2D eigenvalue weighted by atomic mass is 10.1. The summed E-state index contributed by atoms with van der Waals surface area (Å²) in [5, 5.41) is 0. The minimum Gasteiger partial charge on any atom is -0.494 e. The van der Waals surface area contributed by atoms with Gasteiger partial charge < -0.3 is 9.30 Å². The lowest BCUT2D eigenvalue weighted by Gasteiger charge is -2.12. The van der Waals surface area contributed by atoms with Crippen molar-refractivity contribution in [3.8, 4) is 17.1 Å². The van der Waals surface area contributed by atoms with Gasteiger partial charge in [-0.3, -0.25) is 0 Å². The second kappa shape index (κ2) is 7.89. The van der Waals surface area contributed by atoms with E-state index in [4.69, 9.17) is 9.72 Å². The topological polar surface area (TPSA) is 27.1 Å². The fourth-order valence-corrected chi connectivity index (χ4v) is 3.69. The van der Waals surface area contributed by atoms with Gasteiger partial charge in [0.1, 0.15) is 11.6 Å². The van der Waals surface area contributed by atoms with Crippen LogP contribution < -0.4 is 4.74 Å². The highest BCUT2D eigenvalue weighted by Crippen LogP contribution is 2.28. The molecule has 0 fully saturated rings. The van der Waals surface area contributed by atoms with E-state index >= 15 is 0 Å². The zero-order chi connectivity index (χ0) is 19.5. The van der Waals surface area contributed by atoms with E-state index in [0.717, 1.165) is 30.1 Å². The summed E-state index contributed by atoms with van der Waals surface area (Å²) in [4.78, 5) is 4.94. The molecule has 0 spiro atoms. The molecule has 3 nitrogen and oxygen atoms in total. The normalized spacial score (nSPS) is 11.1. The number of benzene rings is 3. The van der Waals surface area contributed by atoms with Gasteiger partial charge in [0.15, 0.2) is 0 Å². The number of fused-ring (bicyclic) bond motifs is 1. The van der Waals surface area contributed by atoms with E-state index in [-0.39, 0.29) is 0 Å². The molecule has 4 rings (SSSR count). The largest absolute Gasteiger partial charge is 0.494 e. The Balaban J connectivity index is 1.58. The van der Waals surface area contributed by atoms with Crippen LogP contribution in [-0.2, 0) is 6.54 Å². The summed E-state index contributed by atoms with van der Waals surface area (Å²) in [6.07, 6.45) is 0.923. The number of rotatable bonds is 6. The maximum absolute atomic E-state index is 5.95. The van der Waals surface area contributed by atoms with Crippen molar-refractivity contribution >= 4 is 11.0 Å². The Kier molecular flexibility index (Phi) is 5.16. The van der Waals surface area contributed by atoms with Crippen molar-refractivity contribution in [2.75, 3.05) is 6.61 Å². The van der Waals surface area contributed by atoms with Gasteiger partial charge in [-0.25, -0.2) is 4.98 Å². The second-order valence-electron chi connectivity index (χ2n) is 7.41. The van der Waals surface area contributed by atoms with Crippen LogP contribution in [0.1, 0.15) is 23.1 Å². The van der Waals surface area contributed by atoms with Gasteiger partial charge >= 0.3 is 0 Å². The molecular formula is C25H26N2O. The molecular weight excluding hydrogens is 344 g/mol. The summed E-state index contributed by atoms with van der Waals surface area (Å²) in [6, 6.07) is 23.1. The summed E-state index contributed by atoms with van der Waals surface area (Å²) in [6.45, 7) is 7.92. The number of aryl methyl sites for hydroxylation is 4. The molecule has 0 saturated heterocycles. The third kappa shape index (κ3) is 3.79. The zero-order valence-electron chi connectivity index (χ0n) is 16.8. The molecule has 4 aromatic rings. The molecule has 0 amide bonds. The molecule has 0 unspecified atom stereocenters. The summed E-state index contributed by atoms with van der Waals surface area (Å²) >= 11 is 0. The monoisotopic (exact) mass is 370 g/mol. The molecule has 0 radical (unpaired) electrons. The SMILES string of the molecule is Cc1cccc(OCCCn2c(-c3ccc(C)cc3C)nc3ccccc32)c1. The van der Waals surface area contributed by atoms with Crippen molar-refractivity contribution in [3.63, 3.8) is 0 Å². The first-order valence-corrected chi connectivity index (χ1v) is 9.84. The van der Waals surface area contributed by atoms with Crippen LogP contribution in [0.15, 0.2) is 66.7 Å². The summed E-state index contributed by atoms with van der Waals surface area (Å²) in [7, 11) is 0. The summed E-state index contributed by atoms with van der Waals surface area (Å²) in [5.41, 5.74) is 7.16. The van der Waals surface area contributed by atoms with Gasteiger partial charge in [0, 0.05) is 12.1 Å². The van der Waals surface area contributed by atoms with E-state index in [1.54, 1.807) is 0 Å². The quantitative estimate of drug-likeness (QED) is 0.384. The molecule has 0 N–H and O–H groups in total. The number of hydrogen-bond acceptors (Lipinski definition) is 2. The molecule has 28 heavy (non-hydrogen) atoms. The number of imidazole rings is 1. The molecule has 0 aliphatic carbocycles. The van der Waals surface area contributed by atoms with Crippen LogP contribution in [0.2, 0.25) is 0 Å². The molecule has 0 atom stereocenters. The van der Waals surface area contributed by atoms with Crippen LogP contribution in [0, 0.1) is 20.8 Å². The van der Waals surface area contributed by atoms with E-state index in [9.17, 15) is 0 Å². The van der Waals surface area contributed by atoms with Crippen molar-refractivity contribution in [3.05, 3.63) is 83.4 Å². The highest BCUT2D eigenvalue weighted by atomic mass is 16.5. The predicted octanol–water partition coefficient (Wildman–Crippen LogP) is 6.10. The van der Waals surface area contributed by atoms with Gasteiger partial charge in [-0.2, -0.15) is 0 Å². The van der Waals surface area contributed by atoms with E-state index < -0.39 is 0 Å². The molecule has 1 heterocycles. The highest BCUT2D eigenvalue weighted by Gasteiger charge is 2.14. The Hall–Kier alpha value is -3.07. The van der Waals surface area contributed by atoms with E-state index in [2.05, 4.69) is 73.9 Å². The molecule has 142 valence electrons. The van der Waals surface area contributed by atoms with Crippen molar-refractivity contribution in [2.45, 2.75) is 33.7 Å². The smallest absolute Gasteiger partial charge is 0.141 e. The van der Waals surface area contributed by atoms with Crippen molar-refractivity contribution in [1.29, 1.82) is 0 Å². The maximum Gasteiger partial charge on any atom is 0.141 e. The van der Waals surface area contributed by atoms with Gasteiger partial charge in [0.25, 0.3) is 0 Å². The minimum absolute atomic E-state index is 0.683. The first-order valence-electron chi connectivity index (χ1n) is 9.84. The van der Waals surface area contributed by atoms with Gasteiger partial charge in [-0.1, -0.05) is 48.0 Å². The average molecular weight is 370 g/mol. The number of ether oxygens (including phenoxy) is 1. The average Bonchev–Trinajstić information content (AvgIpc) is 3.04. The van der Waals surface area contributed by atoms with Gasteiger partial charge in [0.2, 0.25) is 0 Å². The van der Waals surface area contributed by atoms with Crippen LogP contribution in [0.25, 0.3) is 22.4 Å². The Bertz CT molecular complexity index is 1110. The molecule has 0 aliphatic rings. The van der Waals surface area contributed by atoms with Crippen LogP contribution in [0.5, 0.6) is 5.75 Å². The zero-order valence-corrected chi connectivity index (χ0v) is 16.8. The van der Waals surface area contributed by atoms with E-state index in [0.29, 0.717) is 6.61 Å². The van der Waals surface area contributed by atoms with Crippen LogP contribution in [0.3, 0.4) is 0 Å². The molecule has 0 saturated carbocycles. The minimum atomic E-state index is 0.683. The molecule has 0 bridgehead atoms. The standard InChI is InChI=1S/C25H26N2O/c1-18-8-6-9-21(17-18)28-15-7-14-27-24-11-5-4-10-23(24)26-25(27)22-13-12-19(2)16-20(22)3/h4-6,8-13,16-17H,7,14-15H2,1-3H3. The lowest BCUT2D eigenvalue weighted by Crippen LogP contribution is -2.06. The predicted molar refractivity (Wildman–Crippen MR) is 116 cm³/mol. The van der Waals surface area contributed by atoms with Crippen LogP contribution in [-0.4, -0.2) is 16.2 Å². The number of aromatic nitrogens is 2. The van der Waals surface area contributed by atoms with Gasteiger partial charge in [0.05, 0.1) is 17.6 Å². The summed E-state index contributed by atoms with van der Waals surface area (Å²) in [5.74, 6) is 1.97. The van der Waals surface area contributed by atoms with Crippen molar-refractivity contribution in [2.24, 2.45) is 0 Å². The van der Waals surface area contributed by atoms with Gasteiger partial charge in [-0.05, 0) is 62.6 Å². The van der Waals surface area contributed by atoms with Crippen molar-refractivity contribution < 1.29 is 4.74 Å². The first kappa shape index (κ1) is 18.3. The number of nitrogens with zero attached hydrogens (tertiary/aromatic N) is 2. The number of hydrogen-bond donors (Lipinski definition) is 0. The van der Waals surface area contributed by atoms with Crippen molar-refractivity contribution in [1.82, 2.24) is 9.55 Å². The molecule has 3 heteroatoms. The summed E-state index contributed by atoms with van der Waals surface area (Å²) < 4.78 is 8.27. The van der Waals surface area contributed by atoms with Crippen LogP contribution in [0.4, 0.5) is 0 Å². The van der Waals surface area contributed by atoms with Gasteiger partial charge in [-0.15, -0.1) is 0 Å². The maximum atomic E-state index is 5.95. The highest BCUT2D eigenvalue weighted by molar-refractivity contribution is 5.81. The third-order valence-electron chi connectivity index (χ3n) is 5.06. The fourth-order valence-electron chi connectivity index (χ4n) is 3.69. The second-order valence-corrected chi connectivity index (χ2v) is 7.41.